The molecule has 19 heavy (non-hydrogen) atoms. The van der Waals surface area contributed by atoms with Gasteiger partial charge in [-0.3, -0.25) is 4.79 Å². The van der Waals surface area contributed by atoms with Gasteiger partial charge in [0, 0.05) is 11.6 Å². The highest BCUT2D eigenvalue weighted by Crippen LogP contribution is 2.37. The molecule has 0 bridgehead atoms. The second-order valence-electron chi connectivity index (χ2n) is 3.45. The summed E-state index contributed by atoms with van der Waals surface area (Å²) in [5.74, 6) is 0.842. The molecule has 2 N–H and O–H groups in total. The van der Waals surface area contributed by atoms with Crippen LogP contribution in [0.25, 0.3) is 0 Å². The standard InChI is InChI=1S/C12H17NO5.ClH/c1-15-8-6-10(17-3)9(16-2)5-7(8)11(13)12(14)18-4;/h5-6,11H,13H2,1-4H3;1H/t11-;/m0./s1. The Kier molecular flexibility index (Phi) is 7.03. The summed E-state index contributed by atoms with van der Waals surface area (Å²) < 4.78 is 20.1. The Morgan fingerprint density at radius 3 is 1.89 bits per heavy atom. The summed E-state index contributed by atoms with van der Waals surface area (Å²) in [5.41, 5.74) is 6.26. The van der Waals surface area contributed by atoms with E-state index in [4.69, 9.17) is 19.9 Å². The van der Waals surface area contributed by atoms with Crippen LogP contribution in [0.2, 0.25) is 0 Å². The van der Waals surface area contributed by atoms with Crippen molar-refractivity contribution in [2.75, 3.05) is 28.4 Å². The maximum atomic E-state index is 11.5. The molecular weight excluding hydrogens is 274 g/mol. The van der Waals surface area contributed by atoms with Crippen LogP contribution in [-0.4, -0.2) is 34.4 Å². The molecule has 0 radical (unpaired) electrons. The van der Waals surface area contributed by atoms with Crippen LogP contribution in [0, 0.1) is 0 Å². The summed E-state index contributed by atoms with van der Waals surface area (Å²) in [4.78, 5) is 11.5. The highest BCUT2D eigenvalue weighted by atomic mass is 35.5. The first kappa shape index (κ1) is 17.3. The van der Waals surface area contributed by atoms with Gasteiger partial charge in [0.2, 0.25) is 0 Å². The van der Waals surface area contributed by atoms with Crippen LogP contribution >= 0.6 is 12.4 Å². The van der Waals surface area contributed by atoms with E-state index < -0.39 is 12.0 Å². The lowest BCUT2D eigenvalue weighted by molar-refractivity contribution is -0.142. The van der Waals surface area contributed by atoms with Gasteiger partial charge in [-0.2, -0.15) is 0 Å². The van der Waals surface area contributed by atoms with Gasteiger partial charge in [0.15, 0.2) is 11.5 Å². The number of rotatable bonds is 5. The number of methoxy groups -OCH3 is 4. The van der Waals surface area contributed by atoms with Crippen LogP contribution in [0.3, 0.4) is 0 Å². The average Bonchev–Trinajstić information content (AvgIpc) is 2.43. The van der Waals surface area contributed by atoms with E-state index in [-0.39, 0.29) is 12.4 Å². The van der Waals surface area contributed by atoms with Gasteiger partial charge in [-0.25, -0.2) is 0 Å². The van der Waals surface area contributed by atoms with Gasteiger partial charge in [-0.1, -0.05) is 0 Å². The first-order valence-electron chi connectivity index (χ1n) is 5.22. The minimum Gasteiger partial charge on any atom is -0.496 e. The molecule has 0 saturated carbocycles. The van der Waals surface area contributed by atoms with E-state index >= 15 is 0 Å². The summed E-state index contributed by atoms with van der Waals surface area (Å²) in [6.07, 6.45) is 0. The van der Waals surface area contributed by atoms with Gasteiger partial charge in [-0.15, -0.1) is 12.4 Å². The molecule has 0 saturated heterocycles. The lowest BCUT2D eigenvalue weighted by atomic mass is 10.1. The SMILES string of the molecule is COC(=O)[C@@H](N)c1cc(OC)c(OC)cc1OC.Cl. The minimum absolute atomic E-state index is 0. The highest BCUT2D eigenvalue weighted by Gasteiger charge is 2.23. The van der Waals surface area contributed by atoms with Crippen molar-refractivity contribution < 1.29 is 23.7 Å². The maximum absolute atomic E-state index is 11.5. The third-order valence-electron chi connectivity index (χ3n) is 2.53. The van der Waals surface area contributed by atoms with Gasteiger partial charge < -0.3 is 24.7 Å². The molecule has 1 atom stereocenters. The van der Waals surface area contributed by atoms with Gasteiger partial charge in [0.05, 0.1) is 28.4 Å². The van der Waals surface area contributed by atoms with Crippen molar-refractivity contribution in [3.05, 3.63) is 17.7 Å². The lowest BCUT2D eigenvalue weighted by Crippen LogP contribution is -2.23. The molecule has 7 heteroatoms. The number of ether oxygens (including phenoxy) is 4. The van der Waals surface area contributed by atoms with Crippen molar-refractivity contribution >= 4 is 18.4 Å². The molecule has 0 fully saturated rings. The van der Waals surface area contributed by atoms with Crippen molar-refractivity contribution in [1.82, 2.24) is 0 Å². The predicted molar refractivity (Wildman–Crippen MR) is 72.3 cm³/mol. The van der Waals surface area contributed by atoms with Crippen molar-refractivity contribution in [3.8, 4) is 17.2 Å². The second-order valence-corrected chi connectivity index (χ2v) is 3.45. The van der Waals surface area contributed by atoms with Crippen LogP contribution in [0.4, 0.5) is 0 Å². The fourth-order valence-electron chi connectivity index (χ4n) is 1.55. The fourth-order valence-corrected chi connectivity index (χ4v) is 1.55. The Hall–Kier alpha value is -1.66. The van der Waals surface area contributed by atoms with Crippen molar-refractivity contribution in [1.29, 1.82) is 0 Å². The molecule has 108 valence electrons. The number of carbonyl (C=O) groups excluding carboxylic acids is 1. The maximum Gasteiger partial charge on any atom is 0.327 e. The van der Waals surface area contributed by atoms with Crippen LogP contribution in [0.1, 0.15) is 11.6 Å². The molecule has 0 aliphatic rings. The number of hydrogen-bond acceptors (Lipinski definition) is 6. The molecule has 0 spiro atoms. The van der Waals surface area contributed by atoms with Gasteiger partial charge in [0.1, 0.15) is 11.8 Å². The number of benzene rings is 1. The highest BCUT2D eigenvalue weighted by molar-refractivity contribution is 5.85. The van der Waals surface area contributed by atoms with Crippen LogP contribution < -0.4 is 19.9 Å². The van der Waals surface area contributed by atoms with Crippen molar-refractivity contribution in [3.63, 3.8) is 0 Å². The molecule has 0 aliphatic heterocycles. The van der Waals surface area contributed by atoms with E-state index in [2.05, 4.69) is 4.74 Å². The van der Waals surface area contributed by atoms with Gasteiger partial charge in [0.25, 0.3) is 0 Å². The van der Waals surface area contributed by atoms with E-state index in [0.29, 0.717) is 22.8 Å². The van der Waals surface area contributed by atoms with Gasteiger partial charge >= 0.3 is 5.97 Å². The topological polar surface area (TPSA) is 80.0 Å². The summed E-state index contributed by atoms with van der Waals surface area (Å²) in [6.45, 7) is 0. The molecular formula is C12H18ClNO5. The van der Waals surface area contributed by atoms with Crippen molar-refractivity contribution in [2.45, 2.75) is 6.04 Å². The molecule has 0 amide bonds. The number of nitrogens with two attached hydrogens (primary N) is 1. The molecule has 0 unspecified atom stereocenters. The zero-order valence-electron chi connectivity index (χ0n) is 11.3. The Morgan fingerprint density at radius 2 is 1.47 bits per heavy atom. The largest absolute Gasteiger partial charge is 0.496 e. The summed E-state index contributed by atoms with van der Waals surface area (Å²) in [7, 11) is 5.76. The molecule has 0 aromatic heterocycles. The third-order valence-corrected chi connectivity index (χ3v) is 2.53. The molecule has 1 rings (SSSR count). The molecule has 0 aliphatic carbocycles. The summed E-state index contributed by atoms with van der Waals surface area (Å²) >= 11 is 0. The third kappa shape index (κ3) is 3.65. The Morgan fingerprint density at radius 1 is 1.00 bits per heavy atom. The quantitative estimate of drug-likeness (QED) is 0.824. The van der Waals surface area contributed by atoms with E-state index in [0.717, 1.165) is 0 Å². The number of esters is 1. The molecule has 1 aromatic rings. The molecule has 0 heterocycles. The van der Waals surface area contributed by atoms with Crippen LogP contribution in [0.15, 0.2) is 12.1 Å². The summed E-state index contributed by atoms with van der Waals surface area (Å²) in [6, 6.07) is 2.26. The smallest absolute Gasteiger partial charge is 0.327 e. The first-order valence-corrected chi connectivity index (χ1v) is 5.22. The lowest BCUT2D eigenvalue weighted by Gasteiger charge is -2.17. The zero-order chi connectivity index (χ0) is 13.7. The van der Waals surface area contributed by atoms with E-state index in [1.165, 1.54) is 28.4 Å². The fraction of sp³-hybridized carbons (Fsp3) is 0.417. The second kappa shape index (κ2) is 7.70. The normalized spacial score (nSPS) is 11.0. The van der Waals surface area contributed by atoms with Crippen molar-refractivity contribution in [2.24, 2.45) is 5.73 Å². The molecule has 1 aromatic carbocycles. The van der Waals surface area contributed by atoms with Crippen LogP contribution in [-0.2, 0) is 9.53 Å². The summed E-state index contributed by atoms with van der Waals surface area (Å²) in [5, 5.41) is 0. The van der Waals surface area contributed by atoms with E-state index in [9.17, 15) is 4.79 Å². The number of hydrogen-bond donors (Lipinski definition) is 1. The number of carbonyl (C=O) groups is 1. The first-order chi connectivity index (χ1) is 8.58. The Balaban J connectivity index is 0.00000324. The minimum atomic E-state index is -0.940. The average molecular weight is 292 g/mol. The Bertz CT molecular complexity index is 438. The molecule has 6 nitrogen and oxygen atoms in total. The van der Waals surface area contributed by atoms with E-state index in [1.807, 2.05) is 0 Å². The van der Waals surface area contributed by atoms with Gasteiger partial charge in [-0.05, 0) is 6.07 Å². The zero-order valence-corrected chi connectivity index (χ0v) is 12.1. The van der Waals surface area contributed by atoms with Crippen LogP contribution in [0.5, 0.6) is 17.2 Å². The Labute approximate surface area is 118 Å². The number of halogens is 1. The predicted octanol–water partition coefficient (Wildman–Crippen LogP) is 1.31. The monoisotopic (exact) mass is 291 g/mol. The van der Waals surface area contributed by atoms with E-state index in [1.54, 1.807) is 12.1 Å².